The lowest BCUT2D eigenvalue weighted by atomic mass is 9.59. The van der Waals surface area contributed by atoms with E-state index in [0.29, 0.717) is 17.7 Å². The normalized spacial score (nSPS) is 26.9. The van der Waals surface area contributed by atoms with Crippen LogP contribution in [0.4, 0.5) is 4.79 Å². The fourth-order valence-electron chi connectivity index (χ4n) is 4.78. The number of benzene rings is 1. The van der Waals surface area contributed by atoms with E-state index in [2.05, 4.69) is 42.8 Å². The number of likely N-dealkylation sites (tertiary alicyclic amines) is 1. The van der Waals surface area contributed by atoms with Crippen LogP contribution in [0.2, 0.25) is 0 Å². The lowest BCUT2D eigenvalue weighted by Gasteiger charge is -2.54. The van der Waals surface area contributed by atoms with Crippen LogP contribution in [0.1, 0.15) is 37.0 Å². The maximum absolute atomic E-state index is 11.7. The summed E-state index contributed by atoms with van der Waals surface area (Å²) in [5, 5.41) is 2.45. The number of carbonyl (C=O) groups excluding carboxylic acids is 1. The molecule has 1 N–H and O–H groups in total. The number of furan rings is 1. The van der Waals surface area contributed by atoms with Gasteiger partial charge >= 0.3 is 6.09 Å². The van der Waals surface area contributed by atoms with Gasteiger partial charge in [0, 0.05) is 18.2 Å². The number of carbonyl (C=O) groups is 1. The Morgan fingerprint density at radius 3 is 3.07 bits per heavy atom. The quantitative estimate of drug-likeness (QED) is 0.879. The number of piperidine rings is 1. The highest BCUT2D eigenvalue weighted by molar-refractivity contribution is 5.71. The molecule has 142 valence electrons. The third kappa shape index (κ3) is 3.16. The third-order valence-electron chi connectivity index (χ3n) is 6.49. The average Bonchev–Trinajstić information content (AvgIpc) is 3.14. The molecule has 2 bridgehead atoms. The average molecular weight is 366 g/mol. The lowest BCUT2D eigenvalue weighted by molar-refractivity contribution is 0.0257. The van der Waals surface area contributed by atoms with E-state index in [1.54, 1.807) is 6.26 Å². The molecule has 1 aromatic carbocycles. The summed E-state index contributed by atoms with van der Waals surface area (Å²) in [5.41, 5.74) is 3.99. The number of ether oxygens (including phenoxy) is 1. The zero-order valence-electron chi connectivity index (χ0n) is 15.9. The van der Waals surface area contributed by atoms with E-state index in [4.69, 9.17) is 9.15 Å². The maximum Gasteiger partial charge on any atom is 0.416 e. The van der Waals surface area contributed by atoms with Crippen molar-refractivity contribution in [2.75, 3.05) is 6.54 Å². The Morgan fingerprint density at radius 1 is 1.48 bits per heavy atom. The van der Waals surface area contributed by atoms with Crippen molar-refractivity contribution in [3.8, 4) is 5.75 Å². The fourth-order valence-corrected chi connectivity index (χ4v) is 4.78. The first-order valence-electron chi connectivity index (χ1n) is 9.49. The second-order valence-electron chi connectivity index (χ2n) is 7.89. The van der Waals surface area contributed by atoms with E-state index in [9.17, 15) is 4.79 Å². The van der Waals surface area contributed by atoms with E-state index in [1.165, 1.54) is 22.9 Å². The summed E-state index contributed by atoms with van der Waals surface area (Å²) in [6, 6.07) is 8.60. The van der Waals surface area contributed by atoms with Crippen molar-refractivity contribution in [1.29, 1.82) is 0 Å². The predicted octanol–water partition coefficient (Wildman–Crippen LogP) is 4.24. The smallest absolute Gasteiger partial charge is 0.416 e. The molecule has 5 nitrogen and oxygen atoms in total. The van der Waals surface area contributed by atoms with Crippen LogP contribution < -0.4 is 10.1 Å². The van der Waals surface area contributed by atoms with E-state index in [1.807, 2.05) is 18.4 Å². The minimum atomic E-state index is -0.508. The molecule has 4 rings (SSSR count). The molecule has 1 aliphatic heterocycles. The van der Waals surface area contributed by atoms with Crippen molar-refractivity contribution in [2.45, 2.75) is 44.7 Å². The molecule has 1 fully saturated rings. The van der Waals surface area contributed by atoms with Gasteiger partial charge in [0.15, 0.2) is 0 Å². The first kappa shape index (κ1) is 17.9. The topological polar surface area (TPSA) is 54.7 Å². The Bertz CT molecular complexity index is 845. The van der Waals surface area contributed by atoms with Crippen LogP contribution in [0, 0.1) is 5.92 Å². The summed E-state index contributed by atoms with van der Waals surface area (Å²) in [6.45, 7) is 10.2. The second-order valence-corrected chi connectivity index (χ2v) is 7.89. The Hall–Kier alpha value is -2.53. The van der Waals surface area contributed by atoms with Crippen LogP contribution in [0.3, 0.4) is 0 Å². The van der Waals surface area contributed by atoms with Crippen LogP contribution in [0.5, 0.6) is 5.75 Å². The molecule has 2 heterocycles. The number of amides is 1. The molecule has 3 atom stereocenters. The van der Waals surface area contributed by atoms with Gasteiger partial charge in [0.25, 0.3) is 0 Å². The Kier molecular flexibility index (Phi) is 4.56. The molecular formula is C22H26N2O3. The van der Waals surface area contributed by atoms with Crippen LogP contribution >= 0.6 is 0 Å². The molecule has 0 radical (unpaired) electrons. The zero-order chi connectivity index (χ0) is 19.0. The van der Waals surface area contributed by atoms with Gasteiger partial charge in [-0.25, -0.2) is 4.79 Å². The summed E-state index contributed by atoms with van der Waals surface area (Å²) < 4.78 is 10.6. The van der Waals surface area contributed by atoms with E-state index >= 15 is 0 Å². The molecule has 1 amide bonds. The first-order valence-corrected chi connectivity index (χ1v) is 9.49. The first-order chi connectivity index (χ1) is 13.0. The van der Waals surface area contributed by atoms with Gasteiger partial charge in [0.2, 0.25) is 0 Å². The van der Waals surface area contributed by atoms with Crippen molar-refractivity contribution in [3.05, 3.63) is 66.3 Å². The molecule has 1 aliphatic carbocycles. The van der Waals surface area contributed by atoms with Crippen LogP contribution in [0.25, 0.3) is 0 Å². The number of hydrogen-bond donors (Lipinski definition) is 1. The van der Waals surface area contributed by atoms with Crippen molar-refractivity contribution in [3.63, 3.8) is 0 Å². The fraction of sp³-hybridized carbons (Fsp3) is 0.409. The van der Waals surface area contributed by atoms with Gasteiger partial charge in [0.05, 0.1) is 12.5 Å². The van der Waals surface area contributed by atoms with Crippen LogP contribution in [-0.2, 0) is 18.4 Å². The van der Waals surface area contributed by atoms with E-state index < -0.39 is 6.09 Å². The number of nitrogens with one attached hydrogen (secondary N) is 1. The standard InChI is InChI=1S/C22H26N2O3/c1-4-23-21(25)27-18-6-5-17-11-20-15(2)22(3,19(17)12-18)8-9-24(20)13-16-7-10-26-14-16/h4-7,10,12,14-15,20H,1,8-9,11,13H2,2-3H3,(H,23,25)/t15-,20+,22+/m0/s1. The zero-order valence-corrected chi connectivity index (χ0v) is 15.9. The molecule has 5 heteroatoms. The van der Waals surface area contributed by atoms with Gasteiger partial charge in [-0.05, 0) is 66.2 Å². The van der Waals surface area contributed by atoms with Gasteiger partial charge < -0.3 is 9.15 Å². The Morgan fingerprint density at radius 2 is 2.33 bits per heavy atom. The van der Waals surface area contributed by atoms with Gasteiger partial charge in [-0.2, -0.15) is 0 Å². The summed E-state index contributed by atoms with van der Waals surface area (Å²) in [6.07, 6.45) is 6.50. The molecule has 2 aromatic rings. The van der Waals surface area contributed by atoms with Gasteiger partial charge in [-0.15, -0.1) is 0 Å². The van der Waals surface area contributed by atoms with Crippen molar-refractivity contribution in [2.24, 2.45) is 5.92 Å². The van der Waals surface area contributed by atoms with Crippen molar-refractivity contribution < 1.29 is 13.9 Å². The molecule has 0 saturated carbocycles. The highest BCUT2D eigenvalue weighted by atomic mass is 16.5. The number of hydrogen-bond acceptors (Lipinski definition) is 4. The Balaban J connectivity index is 1.61. The highest BCUT2D eigenvalue weighted by Gasteiger charge is 2.48. The molecule has 0 unspecified atom stereocenters. The monoisotopic (exact) mass is 366 g/mol. The van der Waals surface area contributed by atoms with E-state index in [-0.39, 0.29) is 5.41 Å². The summed E-state index contributed by atoms with van der Waals surface area (Å²) in [4.78, 5) is 14.3. The number of rotatable bonds is 4. The second kappa shape index (κ2) is 6.89. The molecule has 1 aromatic heterocycles. The summed E-state index contributed by atoms with van der Waals surface area (Å²) in [5.74, 6) is 1.10. The van der Waals surface area contributed by atoms with Crippen LogP contribution in [0.15, 0.2) is 54.0 Å². The minimum absolute atomic E-state index is 0.0828. The Labute approximate surface area is 160 Å². The van der Waals surface area contributed by atoms with Gasteiger partial charge in [-0.1, -0.05) is 26.5 Å². The predicted molar refractivity (Wildman–Crippen MR) is 104 cm³/mol. The molecule has 1 saturated heterocycles. The summed E-state index contributed by atoms with van der Waals surface area (Å²) >= 11 is 0. The largest absolute Gasteiger partial charge is 0.472 e. The lowest BCUT2D eigenvalue weighted by Crippen LogP contribution is -2.57. The van der Waals surface area contributed by atoms with Crippen molar-refractivity contribution in [1.82, 2.24) is 10.2 Å². The van der Waals surface area contributed by atoms with E-state index in [0.717, 1.165) is 25.9 Å². The number of nitrogens with zero attached hydrogens (tertiary/aromatic N) is 1. The molecule has 0 spiro atoms. The number of fused-ring (bicyclic) bond motifs is 4. The molecule has 2 aliphatic rings. The summed E-state index contributed by atoms with van der Waals surface area (Å²) in [7, 11) is 0. The molecular weight excluding hydrogens is 340 g/mol. The van der Waals surface area contributed by atoms with Gasteiger partial charge in [0.1, 0.15) is 5.75 Å². The van der Waals surface area contributed by atoms with Crippen molar-refractivity contribution >= 4 is 6.09 Å². The van der Waals surface area contributed by atoms with Gasteiger partial charge in [-0.3, -0.25) is 10.2 Å². The maximum atomic E-state index is 11.7. The SMILES string of the molecule is C=CNC(=O)Oc1ccc2c(c1)[C@]1(C)CCN(Cc3ccoc3)[C@H](C2)[C@@H]1C. The third-order valence-corrected chi connectivity index (χ3v) is 6.49. The van der Waals surface area contributed by atoms with Crippen LogP contribution in [-0.4, -0.2) is 23.6 Å². The highest BCUT2D eigenvalue weighted by Crippen LogP contribution is 2.49. The minimum Gasteiger partial charge on any atom is -0.472 e. The molecule has 27 heavy (non-hydrogen) atoms.